The van der Waals surface area contributed by atoms with Crippen LogP contribution < -0.4 is 4.74 Å². The van der Waals surface area contributed by atoms with Crippen molar-refractivity contribution < 1.29 is 14.3 Å². The van der Waals surface area contributed by atoms with Gasteiger partial charge in [0.25, 0.3) is 0 Å². The molecule has 1 unspecified atom stereocenters. The van der Waals surface area contributed by atoms with Gasteiger partial charge in [-0.25, -0.2) is 4.79 Å². The zero-order valence-corrected chi connectivity index (χ0v) is 13.0. The first-order valence-corrected chi connectivity index (χ1v) is 8.19. The fourth-order valence-corrected chi connectivity index (χ4v) is 4.64. The molecule has 1 aliphatic carbocycles. The van der Waals surface area contributed by atoms with Crippen molar-refractivity contribution in [3.8, 4) is 5.75 Å². The molecule has 1 spiro atoms. The van der Waals surface area contributed by atoms with Gasteiger partial charge in [-0.1, -0.05) is 0 Å². The maximum atomic E-state index is 12.6. The number of ether oxygens (including phenoxy) is 2. The SMILES string of the molecule is COc1ccc2[nH]nc(C(=O)O[C@H]3CN4CCC45CC[C@H]35)c2c1. The van der Waals surface area contributed by atoms with E-state index in [4.69, 9.17) is 9.47 Å². The summed E-state index contributed by atoms with van der Waals surface area (Å²) in [5.74, 6) is 0.884. The number of fused-ring (bicyclic) bond motifs is 1. The first kappa shape index (κ1) is 13.4. The van der Waals surface area contributed by atoms with Crippen LogP contribution in [0.1, 0.15) is 29.8 Å². The van der Waals surface area contributed by atoms with Crippen LogP contribution >= 0.6 is 0 Å². The Morgan fingerprint density at radius 3 is 3.00 bits per heavy atom. The minimum absolute atomic E-state index is 0.0103. The predicted octanol–water partition coefficient (Wildman–Crippen LogP) is 1.97. The standard InChI is InChI=1S/C17H19N3O3/c1-22-10-2-3-13-11(8-10)15(19-18-13)16(21)23-14-9-20-7-6-17(20)5-4-12(14)17/h2-3,8,12,14H,4-7,9H2,1H3,(H,18,19)/t12-,14+,17?/m1/s1. The zero-order valence-electron chi connectivity index (χ0n) is 13.0. The van der Waals surface area contributed by atoms with Crippen molar-refractivity contribution in [1.29, 1.82) is 0 Å². The highest BCUT2D eigenvalue weighted by Crippen LogP contribution is 2.58. The summed E-state index contributed by atoms with van der Waals surface area (Å²) in [6.45, 7) is 2.02. The van der Waals surface area contributed by atoms with E-state index in [0.717, 1.165) is 24.0 Å². The molecule has 1 aromatic carbocycles. The molecule has 1 N–H and O–H groups in total. The molecule has 5 rings (SSSR count). The van der Waals surface area contributed by atoms with Crippen molar-refractivity contribution in [2.24, 2.45) is 5.92 Å². The van der Waals surface area contributed by atoms with Crippen LogP contribution in [0.2, 0.25) is 0 Å². The van der Waals surface area contributed by atoms with Crippen LogP contribution in [0, 0.1) is 5.92 Å². The third-order valence-corrected chi connectivity index (χ3v) is 6.09. The van der Waals surface area contributed by atoms with Gasteiger partial charge in [-0.2, -0.15) is 5.10 Å². The number of hydrogen-bond acceptors (Lipinski definition) is 5. The fraction of sp³-hybridized carbons (Fsp3) is 0.529. The maximum absolute atomic E-state index is 12.6. The van der Waals surface area contributed by atoms with Gasteiger partial charge in [0, 0.05) is 29.9 Å². The molecule has 6 heteroatoms. The van der Waals surface area contributed by atoms with Crippen molar-refractivity contribution in [2.45, 2.75) is 30.9 Å². The number of carbonyl (C=O) groups excluding carboxylic acids is 1. The quantitative estimate of drug-likeness (QED) is 0.878. The summed E-state index contributed by atoms with van der Waals surface area (Å²) in [6.07, 6.45) is 3.70. The van der Waals surface area contributed by atoms with Gasteiger partial charge in [0.1, 0.15) is 11.9 Å². The Bertz CT molecular complexity index is 797. The Kier molecular flexibility index (Phi) is 2.60. The molecule has 0 radical (unpaired) electrons. The number of H-pyrrole nitrogens is 1. The molecule has 120 valence electrons. The van der Waals surface area contributed by atoms with Crippen molar-refractivity contribution in [3.63, 3.8) is 0 Å². The molecule has 1 saturated carbocycles. The topological polar surface area (TPSA) is 67.4 Å². The minimum atomic E-state index is -0.334. The molecule has 6 nitrogen and oxygen atoms in total. The summed E-state index contributed by atoms with van der Waals surface area (Å²) >= 11 is 0. The molecule has 3 fully saturated rings. The molecule has 3 heterocycles. The van der Waals surface area contributed by atoms with Crippen molar-refractivity contribution in [2.75, 3.05) is 20.2 Å². The summed E-state index contributed by atoms with van der Waals surface area (Å²) in [7, 11) is 1.61. The van der Waals surface area contributed by atoms with Crippen LogP contribution in [-0.4, -0.2) is 52.9 Å². The number of methoxy groups -OCH3 is 1. The molecule has 2 saturated heterocycles. The highest BCUT2D eigenvalue weighted by atomic mass is 16.5. The second-order valence-electron chi connectivity index (χ2n) is 6.87. The van der Waals surface area contributed by atoms with Crippen LogP contribution in [0.25, 0.3) is 10.9 Å². The summed E-state index contributed by atoms with van der Waals surface area (Å²) in [5.41, 5.74) is 1.52. The lowest BCUT2D eigenvalue weighted by Crippen LogP contribution is -2.63. The van der Waals surface area contributed by atoms with Gasteiger partial charge in [-0.3, -0.25) is 10.00 Å². The monoisotopic (exact) mass is 313 g/mol. The van der Waals surface area contributed by atoms with E-state index in [-0.39, 0.29) is 12.1 Å². The molecule has 23 heavy (non-hydrogen) atoms. The number of nitrogens with one attached hydrogen (secondary N) is 1. The minimum Gasteiger partial charge on any atom is -0.497 e. The Labute approximate surface area is 133 Å². The van der Waals surface area contributed by atoms with Gasteiger partial charge in [0.2, 0.25) is 0 Å². The Morgan fingerprint density at radius 1 is 1.43 bits per heavy atom. The van der Waals surface area contributed by atoms with E-state index in [9.17, 15) is 4.79 Å². The van der Waals surface area contributed by atoms with E-state index < -0.39 is 0 Å². The molecular weight excluding hydrogens is 294 g/mol. The van der Waals surface area contributed by atoms with E-state index in [0.29, 0.717) is 22.9 Å². The number of nitrogens with zero attached hydrogens (tertiary/aromatic N) is 2. The molecule has 3 atom stereocenters. The molecule has 1 aromatic heterocycles. The van der Waals surface area contributed by atoms with Crippen LogP contribution in [0.5, 0.6) is 5.75 Å². The van der Waals surface area contributed by atoms with E-state index in [1.807, 2.05) is 18.2 Å². The second-order valence-corrected chi connectivity index (χ2v) is 6.87. The van der Waals surface area contributed by atoms with Crippen molar-refractivity contribution in [3.05, 3.63) is 23.9 Å². The number of aromatic amines is 1. The summed E-state index contributed by atoms with van der Waals surface area (Å²) < 4.78 is 11.1. The summed E-state index contributed by atoms with van der Waals surface area (Å²) in [4.78, 5) is 15.1. The van der Waals surface area contributed by atoms with Gasteiger partial charge < -0.3 is 9.47 Å². The van der Waals surface area contributed by atoms with Gasteiger partial charge in [0.15, 0.2) is 5.69 Å². The molecular formula is C17H19N3O3. The lowest BCUT2D eigenvalue weighted by Gasteiger charge is -2.57. The average molecular weight is 313 g/mol. The second kappa shape index (κ2) is 4.47. The number of rotatable bonds is 3. The number of aromatic nitrogens is 2. The third-order valence-electron chi connectivity index (χ3n) is 6.09. The van der Waals surface area contributed by atoms with Crippen molar-refractivity contribution >= 4 is 16.9 Å². The van der Waals surface area contributed by atoms with Crippen LogP contribution in [-0.2, 0) is 4.74 Å². The Hall–Kier alpha value is -2.08. The molecule has 2 aliphatic heterocycles. The van der Waals surface area contributed by atoms with Gasteiger partial charge in [0.05, 0.1) is 12.6 Å². The number of carbonyl (C=O) groups is 1. The van der Waals surface area contributed by atoms with Crippen LogP contribution in [0.4, 0.5) is 0 Å². The fourth-order valence-electron chi connectivity index (χ4n) is 4.64. The Balaban J connectivity index is 1.41. The number of hydrogen-bond donors (Lipinski definition) is 1. The smallest absolute Gasteiger partial charge is 0.359 e. The van der Waals surface area contributed by atoms with Gasteiger partial charge in [-0.05, 0) is 37.5 Å². The summed E-state index contributed by atoms with van der Waals surface area (Å²) in [6, 6.07) is 5.53. The summed E-state index contributed by atoms with van der Waals surface area (Å²) in [5, 5.41) is 7.80. The largest absolute Gasteiger partial charge is 0.497 e. The third kappa shape index (κ3) is 1.67. The molecule has 0 bridgehead atoms. The molecule has 2 aromatic rings. The van der Waals surface area contributed by atoms with E-state index in [2.05, 4.69) is 15.1 Å². The average Bonchev–Trinajstić information content (AvgIpc) is 2.97. The van der Waals surface area contributed by atoms with Crippen molar-refractivity contribution in [1.82, 2.24) is 15.1 Å². The molecule has 0 amide bonds. The predicted molar refractivity (Wildman–Crippen MR) is 83.5 cm³/mol. The lowest BCUT2D eigenvalue weighted by atomic mass is 9.61. The van der Waals surface area contributed by atoms with Crippen LogP contribution in [0.3, 0.4) is 0 Å². The van der Waals surface area contributed by atoms with E-state index in [1.54, 1.807) is 7.11 Å². The Morgan fingerprint density at radius 2 is 2.35 bits per heavy atom. The first-order chi connectivity index (χ1) is 11.2. The highest BCUT2D eigenvalue weighted by molar-refractivity contribution is 6.02. The normalized spacial score (nSPS) is 31.9. The van der Waals surface area contributed by atoms with E-state index >= 15 is 0 Å². The zero-order chi connectivity index (χ0) is 15.6. The van der Waals surface area contributed by atoms with Gasteiger partial charge in [-0.15, -0.1) is 0 Å². The van der Waals surface area contributed by atoms with Crippen LogP contribution in [0.15, 0.2) is 18.2 Å². The number of benzene rings is 1. The van der Waals surface area contributed by atoms with E-state index in [1.165, 1.54) is 19.3 Å². The maximum Gasteiger partial charge on any atom is 0.359 e. The lowest BCUT2D eigenvalue weighted by molar-refractivity contribution is -0.0772. The highest BCUT2D eigenvalue weighted by Gasteiger charge is 2.64. The number of esters is 1. The van der Waals surface area contributed by atoms with Gasteiger partial charge >= 0.3 is 5.97 Å². The molecule has 3 aliphatic rings. The first-order valence-electron chi connectivity index (χ1n) is 8.19.